The lowest BCUT2D eigenvalue weighted by atomic mass is 10.1. The van der Waals surface area contributed by atoms with Crippen molar-refractivity contribution >= 4 is 29.0 Å². The number of para-hydroxylation sites is 1. The van der Waals surface area contributed by atoms with Gasteiger partial charge >= 0.3 is 6.03 Å². The lowest BCUT2D eigenvalue weighted by Crippen LogP contribution is -2.41. The Bertz CT molecular complexity index is 876. The van der Waals surface area contributed by atoms with Gasteiger partial charge in [-0.3, -0.25) is 4.79 Å². The van der Waals surface area contributed by atoms with E-state index in [1.807, 2.05) is 30.3 Å². The van der Waals surface area contributed by atoms with Gasteiger partial charge in [0, 0.05) is 43.4 Å². The molecule has 29 heavy (non-hydrogen) atoms. The van der Waals surface area contributed by atoms with Gasteiger partial charge in [-0.05, 0) is 24.3 Å². The number of likely N-dealkylation sites (tertiary alicyclic amines) is 1. The van der Waals surface area contributed by atoms with E-state index in [2.05, 4.69) is 15.8 Å². The summed E-state index contributed by atoms with van der Waals surface area (Å²) in [4.78, 5) is 30.7. The quantitative estimate of drug-likeness (QED) is 0.750. The first-order chi connectivity index (χ1) is 14.0. The van der Waals surface area contributed by atoms with Crippen molar-refractivity contribution < 1.29 is 23.2 Å². The minimum absolute atomic E-state index is 0.00138. The van der Waals surface area contributed by atoms with Crippen LogP contribution in [0.5, 0.6) is 0 Å². The maximum atomic E-state index is 13.1. The van der Waals surface area contributed by atoms with E-state index in [1.165, 1.54) is 0 Å². The van der Waals surface area contributed by atoms with Crippen molar-refractivity contribution in [3.8, 4) is 0 Å². The van der Waals surface area contributed by atoms with Crippen LogP contribution in [0.4, 0.5) is 25.0 Å². The van der Waals surface area contributed by atoms with Crippen molar-refractivity contribution in [2.75, 3.05) is 30.3 Å². The molecule has 3 amide bonds. The van der Waals surface area contributed by atoms with Gasteiger partial charge in [0.2, 0.25) is 0 Å². The monoisotopic (exact) mass is 402 g/mol. The van der Waals surface area contributed by atoms with Gasteiger partial charge in [-0.15, -0.1) is 0 Å². The molecule has 3 rings (SSSR count). The molecule has 1 saturated heterocycles. The third-order valence-corrected chi connectivity index (χ3v) is 4.19. The van der Waals surface area contributed by atoms with Gasteiger partial charge in [-0.2, -0.15) is 0 Å². The molecule has 0 spiro atoms. The Labute approximate surface area is 166 Å². The maximum absolute atomic E-state index is 13.1. The van der Waals surface area contributed by atoms with E-state index >= 15 is 0 Å². The minimum atomic E-state index is -0.787. The number of nitrogens with one attached hydrogen (secondary N) is 2. The maximum Gasteiger partial charge on any atom is 0.321 e. The molecule has 0 aromatic heterocycles. The van der Waals surface area contributed by atoms with Crippen molar-refractivity contribution in [2.24, 2.45) is 5.16 Å². The highest BCUT2D eigenvalue weighted by atomic mass is 19.1. The van der Waals surface area contributed by atoms with Gasteiger partial charge in [-0.25, -0.2) is 13.6 Å². The van der Waals surface area contributed by atoms with E-state index in [-0.39, 0.29) is 18.3 Å². The van der Waals surface area contributed by atoms with Gasteiger partial charge < -0.3 is 20.4 Å². The van der Waals surface area contributed by atoms with Gasteiger partial charge in [0.15, 0.2) is 6.61 Å². The summed E-state index contributed by atoms with van der Waals surface area (Å²) < 4.78 is 26.2. The van der Waals surface area contributed by atoms with Crippen LogP contribution >= 0.6 is 0 Å². The van der Waals surface area contributed by atoms with Crippen LogP contribution in [-0.4, -0.2) is 42.2 Å². The highest BCUT2D eigenvalue weighted by molar-refractivity contribution is 5.93. The predicted octanol–water partition coefficient (Wildman–Crippen LogP) is 3.60. The van der Waals surface area contributed by atoms with E-state index in [0.29, 0.717) is 32.0 Å². The van der Waals surface area contributed by atoms with Crippen molar-refractivity contribution in [3.63, 3.8) is 0 Å². The second-order valence-electron chi connectivity index (χ2n) is 6.42. The zero-order valence-electron chi connectivity index (χ0n) is 15.5. The first-order valence-corrected chi connectivity index (χ1v) is 9.04. The molecule has 2 aromatic rings. The van der Waals surface area contributed by atoms with Gasteiger partial charge in [-0.1, -0.05) is 23.4 Å². The van der Waals surface area contributed by atoms with Crippen LogP contribution in [0.25, 0.3) is 0 Å². The number of nitrogens with zero attached hydrogens (tertiary/aromatic N) is 2. The normalized spacial score (nSPS) is 13.6. The molecule has 0 unspecified atom stereocenters. The highest BCUT2D eigenvalue weighted by Crippen LogP contribution is 2.13. The first-order valence-electron chi connectivity index (χ1n) is 9.04. The molecule has 9 heteroatoms. The fourth-order valence-corrected chi connectivity index (χ4v) is 2.79. The molecular weight excluding hydrogens is 382 g/mol. The predicted molar refractivity (Wildman–Crippen MR) is 105 cm³/mol. The summed E-state index contributed by atoms with van der Waals surface area (Å²) in [5.74, 6) is -2.16. The van der Waals surface area contributed by atoms with E-state index in [9.17, 15) is 18.4 Å². The number of benzene rings is 2. The smallest absolute Gasteiger partial charge is 0.321 e. The van der Waals surface area contributed by atoms with Crippen molar-refractivity contribution in [2.45, 2.75) is 12.8 Å². The van der Waals surface area contributed by atoms with Gasteiger partial charge in [0.05, 0.1) is 5.71 Å². The summed E-state index contributed by atoms with van der Waals surface area (Å²) >= 11 is 0. The second-order valence-corrected chi connectivity index (χ2v) is 6.42. The summed E-state index contributed by atoms with van der Waals surface area (Å²) in [5, 5.41) is 9.08. The molecule has 7 nitrogen and oxygen atoms in total. The average Bonchev–Trinajstić information content (AvgIpc) is 2.68. The first kappa shape index (κ1) is 20.2. The van der Waals surface area contributed by atoms with Gasteiger partial charge in [0.25, 0.3) is 5.91 Å². The van der Waals surface area contributed by atoms with Crippen LogP contribution < -0.4 is 10.6 Å². The van der Waals surface area contributed by atoms with E-state index < -0.39 is 17.5 Å². The molecule has 152 valence electrons. The summed E-state index contributed by atoms with van der Waals surface area (Å²) in [6.07, 6.45) is 1.05. The third kappa shape index (κ3) is 6.27. The highest BCUT2D eigenvalue weighted by Gasteiger charge is 2.20. The largest absolute Gasteiger partial charge is 0.386 e. The molecule has 0 bridgehead atoms. The zero-order valence-corrected chi connectivity index (χ0v) is 15.5. The number of amides is 3. The second kappa shape index (κ2) is 9.63. The molecule has 0 aliphatic carbocycles. The number of piperidine rings is 1. The fraction of sp³-hybridized carbons (Fsp3) is 0.250. The summed E-state index contributed by atoms with van der Waals surface area (Å²) in [6.45, 7) is 0.574. The molecule has 1 aliphatic heterocycles. The number of anilines is 2. The number of oxime groups is 1. The average molecular weight is 402 g/mol. The molecule has 1 fully saturated rings. The Morgan fingerprint density at radius 3 is 2.28 bits per heavy atom. The number of carbonyl (C=O) groups excluding carboxylic acids is 2. The molecule has 0 radical (unpaired) electrons. The summed E-state index contributed by atoms with van der Waals surface area (Å²) in [6, 6.07) is 11.7. The lowest BCUT2D eigenvalue weighted by molar-refractivity contribution is -0.120. The molecule has 1 aliphatic rings. The SMILES string of the molecule is O=C(CON=C1CCN(C(=O)Nc2ccccc2)CC1)Nc1cc(F)cc(F)c1. The molecular formula is C20H20F2N4O3. The Balaban J connectivity index is 1.40. The van der Waals surface area contributed by atoms with Crippen molar-refractivity contribution in [1.82, 2.24) is 4.90 Å². The van der Waals surface area contributed by atoms with Crippen LogP contribution in [0.3, 0.4) is 0 Å². The molecule has 1 heterocycles. The number of halogens is 2. The van der Waals surface area contributed by atoms with Crippen LogP contribution in [0.2, 0.25) is 0 Å². The molecule has 0 saturated carbocycles. The standard InChI is InChI=1S/C20H20F2N4O3/c21-14-10-15(22)12-18(11-14)23-19(27)13-29-25-17-6-8-26(9-7-17)20(28)24-16-4-2-1-3-5-16/h1-5,10-12H,6-9,13H2,(H,23,27)(H,24,28). The molecule has 0 atom stereocenters. The van der Waals surface area contributed by atoms with Crippen LogP contribution in [0.1, 0.15) is 12.8 Å². The number of hydrogen-bond acceptors (Lipinski definition) is 4. The zero-order chi connectivity index (χ0) is 20.6. The van der Waals surface area contributed by atoms with Crippen molar-refractivity contribution in [3.05, 3.63) is 60.2 Å². The number of hydrogen-bond donors (Lipinski definition) is 2. The number of carbonyl (C=O) groups is 2. The Morgan fingerprint density at radius 1 is 0.966 bits per heavy atom. The van der Waals surface area contributed by atoms with E-state index in [4.69, 9.17) is 4.84 Å². The van der Waals surface area contributed by atoms with E-state index in [0.717, 1.165) is 23.5 Å². The Kier molecular flexibility index (Phi) is 6.72. The van der Waals surface area contributed by atoms with Gasteiger partial charge in [0.1, 0.15) is 11.6 Å². The topological polar surface area (TPSA) is 83.0 Å². The summed E-state index contributed by atoms with van der Waals surface area (Å²) in [7, 11) is 0. The minimum Gasteiger partial charge on any atom is -0.386 e. The summed E-state index contributed by atoms with van der Waals surface area (Å²) in [5.41, 5.74) is 1.46. The van der Waals surface area contributed by atoms with Crippen molar-refractivity contribution in [1.29, 1.82) is 0 Å². The third-order valence-electron chi connectivity index (χ3n) is 4.19. The van der Waals surface area contributed by atoms with Crippen LogP contribution in [0.15, 0.2) is 53.7 Å². The fourth-order valence-electron chi connectivity index (χ4n) is 2.79. The lowest BCUT2D eigenvalue weighted by Gasteiger charge is -2.27. The Hall–Kier alpha value is -3.49. The number of urea groups is 1. The van der Waals surface area contributed by atoms with Crippen LogP contribution in [-0.2, 0) is 9.63 Å². The number of rotatable bonds is 5. The van der Waals surface area contributed by atoms with E-state index in [1.54, 1.807) is 4.90 Å². The van der Waals surface area contributed by atoms with Crippen LogP contribution in [0, 0.1) is 11.6 Å². The Morgan fingerprint density at radius 2 is 1.62 bits per heavy atom. The molecule has 2 aromatic carbocycles. The molecule has 2 N–H and O–H groups in total.